The van der Waals surface area contributed by atoms with E-state index in [2.05, 4.69) is 41.1 Å². The molecule has 0 N–H and O–H groups in total. The zero-order valence-electron chi connectivity index (χ0n) is 18.1. The third-order valence-corrected chi connectivity index (χ3v) is 6.77. The van der Waals surface area contributed by atoms with Crippen molar-refractivity contribution in [2.45, 2.75) is 46.5 Å². The van der Waals surface area contributed by atoms with Crippen molar-refractivity contribution >= 4 is 5.91 Å². The highest BCUT2D eigenvalue weighted by molar-refractivity contribution is 5.82. The summed E-state index contributed by atoms with van der Waals surface area (Å²) in [6, 6.07) is 6.16. The van der Waals surface area contributed by atoms with Gasteiger partial charge in [-0.15, -0.1) is 0 Å². The van der Waals surface area contributed by atoms with Crippen LogP contribution in [0.4, 0.5) is 0 Å². The van der Waals surface area contributed by atoms with Crippen molar-refractivity contribution in [2.24, 2.45) is 11.3 Å². The lowest BCUT2D eigenvalue weighted by molar-refractivity contribution is -0.142. The smallest absolute Gasteiger partial charge is 0.228 e. The minimum absolute atomic E-state index is 0.192. The Morgan fingerprint density at radius 3 is 2.69 bits per heavy atom. The number of carbonyl (C=O) groups is 1. The molecule has 1 unspecified atom stereocenters. The van der Waals surface area contributed by atoms with Crippen molar-refractivity contribution < 1.29 is 9.32 Å². The van der Waals surface area contributed by atoms with Gasteiger partial charge in [0.15, 0.2) is 0 Å². The second-order valence-electron chi connectivity index (χ2n) is 9.19. The average molecular weight is 397 g/mol. The molecule has 0 bridgehead atoms. The van der Waals surface area contributed by atoms with Gasteiger partial charge >= 0.3 is 0 Å². The van der Waals surface area contributed by atoms with Crippen molar-refractivity contribution in [3.8, 4) is 11.3 Å². The molecule has 0 aromatic carbocycles. The number of amides is 1. The Balaban J connectivity index is 1.41. The molecule has 2 aromatic heterocycles. The summed E-state index contributed by atoms with van der Waals surface area (Å²) in [6.07, 6.45) is 3.88. The zero-order valence-corrected chi connectivity index (χ0v) is 18.1. The Bertz CT molecular complexity index is 863. The first-order chi connectivity index (χ1) is 13.9. The SMILES string of the molecule is Cc1noc(C)c1-c1cccc(CC2CCN(C(=O)C3(C)CCN(C)CC3)C2)n1. The minimum atomic E-state index is -0.192. The monoisotopic (exact) mass is 396 g/mol. The highest BCUT2D eigenvalue weighted by Gasteiger charge is 2.40. The number of carbonyl (C=O) groups excluding carboxylic acids is 1. The number of aryl methyl sites for hydroxylation is 2. The van der Waals surface area contributed by atoms with Gasteiger partial charge in [0.05, 0.1) is 17.0 Å². The van der Waals surface area contributed by atoms with E-state index in [1.165, 1.54) is 0 Å². The molecule has 156 valence electrons. The van der Waals surface area contributed by atoms with Crippen LogP contribution in [0.3, 0.4) is 0 Å². The second-order valence-corrected chi connectivity index (χ2v) is 9.19. The van der Waals surface area contributed by atoms with Crippen LogP contribution in [0.5, 0.6) is 0 Å². The van der Waals surface area contributed by atoms with E-state index in [4.69, 9.17) is 9.51 Å². The lowest BCUT2D eigenvalue weighted by Crippen LogP contribution is -2.47. The molecule has 2 aliphatic heterocycles. The first-order valence-corrected chi connectivity index (χ1v) is 10.7. The second kappa shape index (κ2) is 7.90. The van der Waals surface area contributed by atoms with E-state index in [9.17, 15) is 4.79 Å². The lowest BCUT2D eigenvalue weighted by Gasteiger charge is -2.39. The Morgan fingerprint density at radius 2 is 2.00 bits per heavy atom. The van der Waals surface area contributed by atoms with Gasteiger partial charge in [0.25, 0.3) is 0 Å². The predicted octanol–water partition coefficient (Wildman–Crippen LogP) is 3.48. The molecule has 1 amide bonds. The highest BCUT2D eigenvalue weighted by atomic mass is 16.5. The number of hydrogen-bond donors (Lipinski definition) is 0. The van der Waals surface area contributed by atoms with Gasteiger partial charge < -0.3 is 14.3 Å². The number of aromatic nitrogens is 2. The standard InChI is InChI=1S/C23H32N4O2/c1-16-21(17(2)29-25-16)20-7-5-6-19(24-20)14-18-8-11-27(15-18)22(28)23(3)9-12-26(4)13-10-23/h5-7,18H,8-15H2,1-4H3. The van der Waals surface area contributed by atoms with Crippen LogP contribution in [0, 0.1) is 25.2 Å². The summed E-state index contributed by atoms with van der Waals surface area (Å²) < 4.78 is 5.30. The molecule has 2 saturated heterocycles. The summed E-state index contributed by atoms with van der Waals surface area (Å²) in [4.78, 5) is 22.5. The lowest BCUT2D eigenvalue weighted by atomic mass is 9.79. The summed E-state index contributed by atoms with van der Waals surface area (Å²) in [5, 5.41) is 4.05. The number of pyridine rings is 1. The van der Waals surface area contributed by atoms with Crippen LogP contribution in [0.2, 0.25) is 0 Å². The van der Waals surface area contributed by atoms with Crippen LogP contribution < -0.4 is 0 Å². The maximum Gasteiger partial charge on any atom is 0.228 e. The van der Waals surface area contributed by atoms with Gasteiger partial charge in [-0.25, -0.2) is 0 Å². The molecule has 6 heteroatoms. The highest BCUT2D eigenvalue weighted by Crippen LogP contribution is 2.35. The van der Waals surface area contributed by atoms with Crippen LogP contribution in [-0.2, 0) is 11.2 Å². The third kappa shape index (κ3) is 4.08. The minimum Gasteiger partial charge on any atom is -0.361 e. The molecule has 2 aromatic rings. The van der Waals surface area contributed by atoms with E-state index in [-0.39, 0.29) is 5.41 Å². The normalized spacial score (nSPS) is 22.2. The molecule has 6 nitrogen and oxygen atoms in total. The zero-order chi connectivity index (χ0) is 20.6. The van der Waals surface area contributed by atoms with E-state index < -0.39 is 0 Å². The summed E-state index contributed by atoms with van der Waals surface area (Å²) in [6.45, 7) is 9.78. The van der Waals surface area contributed by atoms with Crippen LogP contribution in [0.1, 0.15) is 43.3 Å². The maximum atomic E-state index is 13.2. The van der Waals surface area contributed by atoms with Gasteiger partial charge in [-0.3, -0.25) is 9.78 Å². The van der Waals surface area contributed by atoms with Crippen molar-refractivity contribution in [1.29, 1.82) is 0 Å². The number of hydrogen-bond acceptors (Lipinski definition) is 5. The topological polar surface area (TPSA) is 62.5 Å². The molecule has 0 aliphatic carbocycles. The maximum absolute atomic E-state index is 13.2. The molecular formula is C23H32N4O2. The molecule has 4 rings (SSSR count). The van der Waals surface area contributed by atoms with Crippen LogP contribution in [0.15, 0.2) is 22.7 Å². The molecule has 0 saturated carbocycles. The fourth-order valence-electron chi connectivity index (χ4n) is 4.77. The van der Waals surface area contributed by atoms with E-state index in [1.54, 1.807) is 0 Å². The summed E-state index contributed by atoms with van der Waals surface area (Å²) in [5.41, 5.74) is 3.67. The fraction of sp³-hybridized carbons (Fsp3) is 0.609. The third-order valence-electron chi connectivity index (χ3n) is 6.77. The summed E-state index contributed by atoms with van der Waals surface area (Å²) >= 11 is 0. The summed E-state index contributed by atoms with van der Waals surface area (Å²) in [5.74, 6) is 1.63. The largest absolute Gasteiger partial charge is 0.361 e. The van der Waals surface area contributed by atoms with Gasteiger partial charge in [-0.05, 0) is 77.7 Å². The Labute approximate surface area is 173 Å². The van der Waals surface area contributed by atoms with Crippen molar-refractivity contribution in [1.82, 2.24) is 19.9 Å². The first-order valence-electron chi connectivity index (χ1n) is 10.7. The molecule has 0 radical (unpaired) electrons. The average Bonchev–Trinajstić information content (AvgIpc) is 3.30. The van der Waals surface area contributed by atoms with Gasteiger partial charge in [-0.2, -0.15) is 0 Å². The van der Waals surface area contributed by atoms with E-state index in [0.29, 0.717) is 11.8 Å². The molecule has 2 aliphatic rings. The van der Waals surface area contributed by atoms with Crippen molar-refractivity contribution in [3.63, 3.8) is 0 Å². The molecule has 2 fully saturated rings. The molecular weight excluding hydrogens is 364 g/mol. The van der Waals surface area contributed by atoms with Gasteiger partial charge in [0.1, 0.15) is 5.76 Å². The summed E-state index contributed by atoms with van der Waals surface area (Å²) in [7, 11) is 2.14. The van der Waals surface area contributed by atoms with Gasteiger partial charge in [0.2, 0.25) is 5.91 Å². The van der Waals surface area contributed by atoms with Gasteiger partial charge in [0, 0.05) is 24.2 Å². The molecule has 0 spiro atoms. The number of piperidine rings is 1. The van der Waals surface area contributed by atoms with Gasteiger partial charge in [-0.1, -0.05) is 18.1 Å². The predicted molar refractivity (Wildman–Crippen MR) is 112 cm³/mol. The van der Waals surface area contributed by atoms with Crippen molar-refractivity contribution in [2.75, 3.05) is 33.2 Å². The fourth-order valence-corrected chi connectivity index (χ4v) is 4.77. The first kappa shape index (κ1) is 20.1. The van der Waals surface area contributed by atoms with Crippen LogP contribution in [0.25, 0.3) is 11.3 Å². The Morgan fingerprint density at radius 1 is 1.24 bits per heavy atom. The van der Waals surface area contributed by atoms with E-state index >= 15 is 0 Å². The van der Waals surface area contributed by atoms with Crippen LogP contribution in [-0.4, -0.2) is 59.1 Å². The molecule has 4 heterocycles. The Hall–Kier alpha value is -2.21. The quantitative estimate of drug-likeness (QED) is 0.792. The number of likely N-dealkylation sites (tertiary alicyclic amines) is 2. The molecule has 1 atom stereocenters. The molecule has 29 heavy (non-hydrogen) atoms. The van der Waals surface area contributed by atoms with E-state index in [1.807, 2.05) is 19.9 Å². The number of rotatable bonds is 4. The number of nitrogens with zero attached hydrogens (tertiary/aromatic N) is 4. The van der Waals surface area contributed by atoms with Crippen LogP contribution >= 0.6 is 0 Å². The van der Waals surface area contributed by atoms with E-state index in [0.717, 1.165) is 80.3 Å². The van der Waals surface area contributed by atoms with Crippen molar-refractivity contribution in [3.05, 3.63) is 35.3 Å². The Kier molecular flexibility index (Phi) is 5.47.